The Balaban J connectivity index is 2.40. The first kappa shape index (κ1) is 17.6. The summed E-state index contributed by atoms with van der Waals surface area (Å²) in [6, 6.07) is 7.85. The van der Waals surface area contributed by atoms with Gasteiger partial charge < -0.3 is 16.0 Å². The lowest BCUT2D eigenvalue weighted by Crippen LogP contribution is -2.29. The van der Waals surface area contributed by atoms with Crippen LogP contribution in [0.5, 0.6) is 0 Å². The lowest BCUT2D eigenvalue weighted by molar-refractivity contribution is -0.116. The average molecular weight is 307 g/mol. The zero-order valence-electron chi connectivity index (χ0n) is 13.1. The van der Waals surface area contributed by atoms with Crippen molar-refractivity contribution in [3.8, 4) is 0 Å². The zero-order valence-corrected chi connectivity index (χ0v) is 13.9. The first-order chi connectivity index (χ1) is 9.93. The Labute approximate surface area is 132 Å². The molecule has 5 heteroatoms. The smallest absolute Gasteiger partial charge is 0.224 e. The van der Waals surface area contributed by atoms with Gasteiger partial charge in [0.2, 0.25) is 5.91 Å². The van der Waals surface area contributed by atoms with Crippen LogP contribution in [0.25, 0.3) is 0 Å². The summed E-state index contributed by atoms with van der Waals surface area (Å²) in [6.45, 7) is 5.29. The minimum absolute atomic E-state index is 0.0210. The molecule has 1 rings (SSSR count). The van der Waals surface area contributed by atoms with E-state index in [9.17, 15) is 4.79 Å². The van der Waals surface area contributed by atoms with Crippen LogP contribution in [-0.4, -0.2) is 35.4 Å². The van der Waals surface area contributed by atoms with Crippen LogP contribution in [0.4, 0.5) is 5.69 Å². The molecule has 0 fully saturated rings. The third-order valence-electron chi connectivity index (χ3n) is 3.69. The number of nitrogens with one attached hydrogen (secondary N) is 1. The van der Waals surface area contributed by atoms with Gasteiger partial charge in [0.1, 0.15) is 4.99 Å². The van der Waals surface area contributed by atoms with E-state index < -0.39 is 0 Å². The Hall–Kier alpha value is -1.46. The van der Waals surface area contributed by atoms with E-state index in [-0.39, 0.29) is 5.91 Å². The number of amides is 1. The third kappa shape index (κ3) is 6.23. The van der Waals surface area contributed by atoms with Gasteiger partial charge in [0.15, 0.2) is 0 Å². The average Bonchev–Trinajstić information content (AvgIpc) is 2.46. The van der Waals surface area contributed by atoms with Crippen LogP contribution in [0.15, 0.2) is 24.3 Å². The van der Waals surface area contributed by atoms with E-state index in [1.54, 1.807) is 6.07 Å². The topological polar surface area (TPSA) is 58.4 Å². The molecule has 1 atom stereocenters. The van der Waals surface area contributed by atoms with E-state index in [1.165, 1.54) is 0 Å². The molecule has 1 aromatic carbocycles. The zero-order chi connectivity index (χ0) is 15.8. The molecule has 21 heavy (non-hydrogen) atoms. The van der Waals surface area contributed by atoms with Crippen molar-refractivity contribution in [2.45, 2.75) is 39.2 Å². The molecular formula is C16H25N3OS. The molecule has 0 saturated heterocycles. The normalized spacial score (nSPS) is 12.2. The molecule has 0 aliphatic rings. The predicted octanol–water partition coefficient (Wildman–Crippen LogP) is 2.77. The fourth-order valence-corrected chi connectivity index (χ4v) is 2.12. The number of thiocarbonyl (C=S) groups is 1. The van der Waals surface area contributed by atoms with E-state index in [1.807, 2.05) is 18.2 Å². The highest BCUT2D eigenvalue weighted by molar-refractivity contribution is 7.80. The van der Waals surface area contributed by atoms with Crippen molar-refractivity contribution in [1.29, 1.82) is 0 Å². The van der Waals surface area contributed by atoms with Crippen LogP contribution in [0.1, 0.15) is 38.7 Å². The maximum absolute atomic E-state index is 11.9. The van der Waals surface area contributed by atoms with Gasteiger partial charge in [0.25, 0.3) is 0 Å². The Morgan fingerprint density at radius 3 is 2.81 bits per heavy atom. The predicted molar refractivity (Wildman–Crippen MR) is 92.6 cm³/mol. The molecule has 0 radical (unpaired) electrons. The number of hydrogen-bond acceptors (Lipinski definition) is 3. The second kappa shape index (κ2) is 8.74. The molecule has 3 N–H and O–H groups in total. The molecule has 4 nitrogen and oxygen atoms in total. The summed E-state index contributed by atoms with van der Waals surface area (Å²) >= 11 is 4.93. The van der Waals surface area contributed by atoms with E-state index >= 15 is 0 Å². The van der Waals surface area contributed by atoms with Crippen molar-refractivity contribution in [2.75, 3.05) is 18.9 Å². The molecule has 1 amide bonds. The van der Waals surface area contributed by atoms with E-state index in [4.69, 9.17) is 18.0 Å². The van der Waals surface area contributed by atoms with Gasteiger partial charge in [0, 0.05) is 23.7 Å². The van der Waals surface area contributed by atoms with Crippen LogP contribution in [0.2, 0.25) is 0 Å². The Kier molecular flexibility index (Phi) is 7.32. The monoisotopic (exact) mass is 307 g/mol. The molecule has 1 aromatic rings. The standard InChI is InChI=1S/C16H25N3OS/c1-4-12(2)19(3)10-6-9-15(20)18-14-8-5-7-13(11-14)16(17)21/h5,7-8,11-12H,4,6,9-10H2,1-3H3,(H2,17,21)(H,18,20). The molecule has 0 heterocycles. The van der Waals surface area contributed by atoms with Crippen molar-refractivity contribution in [2.24, 2.45) is 5.73 Å². The van der Waals surface area contributed by atoms with Gasteiger partial charge in [-0.05, 0) is 45.5 Å². The molecule has 0 spiro atoms. The molecule has 0 aliphatic carbocycles. The van der Waals surface area contributed by atoms with Gasteiger partial charge in [-0.15, -0.1) is 0 Å². The highest BCUT2D eigenvalue weighted by Crippen LogP contribution is 2.11. The minimum atomic E-state index is 0.0210. The van der Waals surface area contributed by atoms with Gasteiger partial charge >= 0.3 is 0 Å². The summed E-state index contributed by atoms with van der Waals surface area (Å²) in [5.74, 6) is 0.0210. The summed E-state index contributed by atoms with van der Waals surface area (Å²) in [6.07, 6.45) is 2.48. The van der Waals surface area contributed by atoms with Gasteiger partial charge in [-0.3, -0.25) is 4.79 Å². The Morgan fingerprint density at radius 2 is 2.19 bits per heavy atom. The van der Waals surface area contributed by atoms with Gasteiger partial charge in [-0.1, -0.05) is 31.3 Å². The largest absolute Gasteiger partial charge is 0.389 e. The second-order valence-corrected chi connectivity index (χ2v) is 5.77. The summed E-state index contributed by atoms with van der Waals surface area (Å²) < 4.78 is 0. The number of rotatable bonds is 8. The molecule has 0 saturated carbocycles. The van der Waals surface area contributed by atoms with Crippen LogP contribution in [-0.2, 0) is 4.79 Å². The first-order valence-electron chi connectivity index (χ1n) is 7.34. The quantitative estimate of drug-likeness (QED) is 0.725. The second-order valence-electron chi connectivity index (χ2n) is 5.33. The number of nitrogens with two attached hydrogens (primary N) is 1. The van der Waals surface area contributed by atoms with Gasteiger partial charge in [-0.25, -0.2) is 0 Å². The Bertz CT molecular complexity index is 490. The maximum atomic E-state index is 11.9. The van der Waals surface area contributed by atoms with Gasteiger partial charge in [0.05, 0.1) is 0 Å². The molecule has 0 aromatic heterocycles. The molecular weight excluding hydrogens is 282 g/mol. The number of benzene rings is 1. The first-order valence-corrected chi connectivity index (χ1v) is 7.74. The number of carbonyl (C=O) groups excluding carboxylic acids is 1. The summed E-state index contributed by atoms with van der Waals surface area (Å²) in [7, 11) is 2.09. The summed E-state index contributed by atoms with van der Waals surface area (Å²) in [5, 5.41) is 2.88. The molecule has 116 valence electrons. The summed E-state index contributed by atoms with van der Waals surface area (Å²) in [5.41, 5.74) is 7.08. The van der Waals surface area contributed by atoms with Crippen molar-refractivity contribution in [3.05, 3.63) is 29.8 Å². The molecule has 0 bridgehead atoms. The van der Waals surface area contributed by atoms with Crippen LogP contribution in [0.3, 0.4) is 0 Å². The van der Waals surface area contributed by atoms with E-state index in [0.29, 0.717) is 17.5 Å². The fraction of sp³-hybridized carbons (Fsp3) is 0.500. The highest BCUT2D eigenvalue weighted by Gasteiger charge is 2.08. The number of carbonyl (C=O) groups is 1. The Morgan fingerprint density at radius 1 is 1.48 bits per heavy atom. The number of anilines is 1. The van der Waals surface area contributed by atoms with Crippen LogP contribution >= 0.6 is 12.2 Å². The number of hydrogen-bond donors (Lipinski definition) is 2. The third-order valence-corrected chi connectivity index (χ3v) is 3.92. The van der Waals surface area contributed by atoms with E-state index in [0.717, 1.165) is 30.6 Å². The van der Waals surface area contributed by atoms with Gasteiger partial charge in [-0.2, -0.15) is 0 Å². The number of nitrogens with zero attached hydrogens (tertiary/aromatic N) is 1. The SMILES string of the molecule is CCC(C)N(C)CCCC(=O)Nc1cccc(C(N)=S)c1. The van der Waals surface area contributed by atoms with E-state index in [2.05, 4.69) is 31.1 Å². The highest BCUT2D eigenvalue weighted by atomic mass is 32.1. The molecule has 1 unspecified atom stereocenters. The van der Waals surface area contributed by atoms with Crippen molar-refractivity contribution < 1.29 is 4.79 Å². The van der Waals surface area contributed by atoms with Crippen LogP contribution < -0.4 is 11.1 Å². The summed E-state index contributed by atoms with van der Waals surface area (Å²) in [4.78, 5) is 14.5. The van der Waals surface area contributed by atoms with Crippen LogP contribution in [0, 0.1) is 0 Å². The lowest BCUT2D eigenvalue weighted by Gasteiger charge is -2.23. The molecule has 0 aliphatic heterocycles. The lowest BCUT2D eigenvalue weighted by atomic mass is 10.2. The minimum Gasteiger partial charge on any atom is -0.389 e. The van der Waals surface area contributed by atoms with Crippen molar-refractivity contribution >= 4 is 28.8 Å². The maximum Gasteiger partial charge on any atom is 0.224 e. The fourth-order valence-electron chi connectivity index (χ4n) is 1.99. The van der Waals surface area contributed by atoms with Crippen molar-refractivity contribution in [1.82, 2.24) is 4.90 Å². The van der Waals surface area contributed by atoms with Crippen molar-refractivity contribution in [3.63, 3.8) is 0 Å².